The van der Waals surface area contributed by atoms with E-state index in [1.54, 1.807) is 13.0 Å². The Morgan fingerprint density at radius 2 is 1.95 bits per heavy atom. The van der Waals surface area contributed by atoms with Crippen molar-refractivity contribution < 1.29 is 13.2 Å². The molecule has 0 saturated carbocycles. The normalized spacial score (nSPS) is 11.3. The molecule has 0 radical (unpaired) electrons. The lowest BCUT2D eigenvalue weighted by atomic mass is 10.1. The van der Waals surface area contributed by atoms with Gasteiger partial charge in [0.05, 0.1) is 4.90 Å². The smallest absolute Gasteiger partial charge is 0.238 e. The number of carbonyl (C=O) groups is 1. The van der Waals surface area contributed by atoms with Crippen molar-refractivity contribution in [1.29, 1.82) is 0 Å². The second-order valence-corrected chi connectivity index (χ2v) is 6.23. The van der Waals surface area contributed by atoms with Crippen molar-refractivity contribution in [2.24, 2.45) is 10.9 Å². The molecule has 0 aliphatic carbocycles. The highest BCUT2D eigenvalue weighted by Crippen LogP contribution is 2.19. The summed E-state index contributed by atoms with van der Waals surface area (Å²) in [6.07, 6.45) is 2.95. The average Bonchev–Trinajstić information content (AvgIpc) is 2.36. The lowest BCUT2D eigenvalue weighted by molar-refractivity contribution is -0.116. The summed E-state index contributed by atoms with van der Waals surface area (Å²) in [5.74, 6) is -0.142. The fraction of sp³-hybridized carbons (Fsp3) is 0.462. The van der Waals surface area contributed by atoms with E-state index in [1.807, 2.05) is 0 Å². The first-order valence-corrected chi connectivity index (χ1v) is 8.02. The first-order valence-electron chi connectivity index (χ1n) is 6.48. The molecule has 0 aliphatic rings. The maximum absolute atomic E-state index is 11.8. The first kappa shape index (κ1) is 16.6. The van der Waals surface area contributed by atoms with E-state index in [2.05, 4.69) is 5.32 Å². The van der Waals surface area contributed by atoms with Crippen LogP contribution in [0.4, 0.5) is 5.69 Å². The third-order valence-corrected chi connectivity index (χ3v) is 3.83. The van der Waals surface area contributed by atoms with E-state index in [0.29, 0.717) is 18.7 Å². The zero-order valence-corrected chi connectivity index (χ0v) is 12.4. The van der Waals surface area contributed by atoms with Crippen molar-refractivity contribution in [3.63, 3.8) is 0 Å². The van der Waals surface area contributed by atoms with Gasteiger partial charge in [-0.15, -0.1) is 0 Å². The molecule has 5 N–H and O–H groups in total. The van der Waals surface area contributed by atoms with Crippen molar-refractivity contribution in [1.82, 2.24) is 0 Å². The Labute approximate surface area is 119 Å². The fourth-order valence-corrected chi connectivity index (χ4v) is 2.27. The van der Waals surface area contributed by atoms with Gasteiger partial charge in [-0.25, -0.2) is 13.6 Å². The van der Waals surface area contributed by atoms with Crippen molar-refractivity contribution in [2.45, 2.75) is 37.5 Å². The van der Waals surface area contributed by atoms with Crippen molar-refractivity contribution in [3.05, 3.63) is 23.8 Å². The summed E-state index contributed by atoms with van der Waals surface area (Å²) in [4.78, 5) is 11.8. The van der Waals surface area contributed by atoms with Gasteiger partial charge in [0.1, 0.15) is 0 Å². The molecule has 0 bridgehead atoms. The number of aryl methyl sites for hydroxylation is 1. The molecule has 0 heterocycles. The van der Waals surface area contributed by atoms with Gasteiger partial charge in [-0.2, -0.15) is 0 Å². The van der Waals surface area contributed by atoms with Crippen LogP contribution in [0.5, 0.6) is 0 Å². The number of primary sulfonamides is 1. The summed E-state index contributed by atoms with van der Waals surface area (Å²) < 4.78 is 22.6. The van der Waals surface area contributed by atoms with E-state index < -0.39 is 10.0 Å². The molecule has 0 fully saturated rings. The van der Waals surface area contributed by atoms with Crippen LogP contribution >= 0.6 is 0 Å². The SMILES string of the molecule is Cc1ccc(S(N)(=O)=O)cc1NC(=O)CCCCCN. The molecular weight excluding hydrogens is 278 g/mol. The lowest BCUT2D eigenvalue weighted by Gasteiger charge is -2.10. The van der Waals surface area contributed by atoms with E-state index in [1.165, 1.54) is 12.1 Å². The minimum atomic E-state index is -3.77. The van der Waals surface area contributed by atoms with E-state index in [9.17, 15) is 13.2 Å². The number of anilines is 1. The van der Waals surface area contributed by atoms with Crippen molar-refractivity contribution in [2.75, 3.05) is 11.9 Å². The number of amides is 1. The van der Waals surface area contributed by atoms with Gasteiger partial charge in [-0.1, -0.05) is 12.5 Å². The number of sulfonamides is 1. The number of rotatable bonds is 7. The van der Waals surface area contributed by atoms with E-state index in [4.69, 9.17) is 10.9 Å². The number of nitrogens with two attached hydrogens (primary N) is 2. The minimum absolute atomic E-state index is 0.0125. The number of nitrogens with one attached hydrogen (secondary N) is 1. The highest BCUT2D eigenvalue weighted by atomic mass is 32.2. The highest BCUT2D eigenvalue weighted by Gasteiger charge is 2.11. The molecule has 1 rings (SSSR count). The fourth-order valence-electron chi connectivity index (χ4n) is 1.73. The van der Waals surface area contributed by atoms with Gasteiger partial charge in [0, 0.05) is 12.1 Å². The van der Waals surface area contributed by atoms with Crippen LogP contribution in [0.2, 0.25) is 0 Å². The van der Waals surface area contributed by atoms with Crippen molar-refractivity contribution >= 4 is 21.6 Å². The molecule has 0 unspecified atom stereocenters. The summed E-state index contributed by atoms with van der Waals surface area (Å²) in [5, 5.41) is 7.78. The largest absolute Gasteiger partial charge is 0.330 e. The highest BCUT2D eigenvalue weighted by molar-refractivity contribution is 7.89. The summed E-state index contributed by atoms with van der Waals surface area (Å²) in [5.41, 5.74) is 6.63. The van der Waals surface area contributed by atoms with Crippen LogP contribution in [0, 0.1) is 6.92 Å². The molecule has 1 aromatic carbocycles. The van der Waals surface area contributed by atoms with Crippen LogP contribution in [-0.4, -0.2) is 20.9 Å². The third-order valence-electron chi connectivity index (χ3n) is 2.92. The third kappa shape index (κ3) is 5.28. The predicted octanol–water partition coefficient (Wildman–Crippen LogP) is 1.10. The predicted molar refractivity (Wildman–Crippen MR) is 78.7 cm³/mol. The number of hydrogen-bond donors (Lipinski definition) is 3. The number of benzene rings is 1. The number of carbonyl (C=O) groups excluding carboxylic acids is 1. The van der Waals surface area contributed by atoms with Crippen LogP contribution in [0.25, 0.3) is 0 Å². The summed E-state index contributed by atoms with van der Waals surface area (Å²) in [6.45, 7) is 2.41. The summed E-state index contributed by atoms with van der Waals surface area (Å²) >= 11 is 0. The Morgan fingerprint density at radius 1 is 1.25 bits per heavy atom. The molecule has 0 atom stereocenters. The van der Waals surface area contributed by atoms with E-state index in [0.717, 1.165) is 24.8 Å². The molecule has 0 spiro atoms. The average molecular weight is 299 g/mol. The summed E-state index contributed by atoms with van der Waals surface area (Å²) in [6, 6.07) is 4.41. The quantitative estimate of drug-likeness (QED) is 0.654. The first-order chi connectivity index (χ1) is 9.34. The van der Waals surface area contributed by atoms with Crippen LogP contribution < -0.4 is 16.2 Å². The zero-order chi connectivity index (χ0) is 15.2. The van der Waals surface area contributed by atoms with Gasteiger partial charge in [-0.3, -0.25) is 4.79 Å². The molecule has 0 saturated heterocycles. The standard InChI is InChI=1S/C13H21N3O3S/c1-10-6-7-11(20(15,18)19)9-12(10)16-13(17)5-3-2-4-8-14/h6-7,9H,2-5,8,14H2,1H3,(H,16,17)(H2,15,18,19). The van der Waals surface area contributed by atoms with Gasteiger partial charge in [0.15, 0.2) is 0 Å². The van der Waals surface area contributed by atoms with Gasteiger partial charge in [0.2, 0.25) is 15.9 Å². The van der Waals surface area contributed by atoms with Crippen LogP contribution in [0.15, 0.2) is 23.1 Å². The second-order valence-electron chi connectivity index (χ2n) is 4.67. The minimum Gasteiger partial charge on any atom is -0.330 e. The van der Waals surface area contributed by atoms with Gasteiger partial charge in [0.25, 0.3) is 0 Å². The van der Waals surface area contributed by atoms with Gasteiger partial charge in [-0.05, 0) is 44.0 Å². The van der Waals surface area contributed by atoms with E-state index >= 15 is 0 Å². The molecular formula is C13H21N3O3S. The molecule has 1 aromatic rings. The molecule has 0 aromatic heterocycles. The Bertz CT molecular complexity index is 570. The molecule has 0 aliphatic heterocycles. The van der Waals surface area contributed by atoms with Crippen LogP contribution in [0.3, 0.4) is 0 Å². The number of unbranched alkanes of at least 4 members (excludes halogenated alkanes) is 2. The Morgan fingerprint density at radius 3 is 2.55 bits per heavy atom. The zero-order valence-electron chi connectivity index (χ0n) is 11.6. The maximum Gasteiger partial charge on any atom is 0.238 e. The molecule has 20 heavy (non-hydrogen) atoms. The topological polar surface area (TPSA) is 115 Å². The van der Waals surface area contributed by atoms with Gasteiger partial charge < -0.3 is 11.1 Å². The molecule has 6 nitrogen and oxygen atoms in total. The van der Waals surface area contributed by atoms with Crippen molar-refractivity contribution in [3.8, 4) is 0 Å². The summed E-state index contributed by atoms with van der Waals surface area (Å²) in [7, 11) is -3.77. The molecule has 112 valence electrons. The Balaban J connectivity index is 2.69. The maximum atomic E-state index is 11.8. The Kier molecular flexibility index (Phi) is 6.12. The van der Waals surface area contributed by atoms with Crippen LogP contribution in [-0.2, 0) is 14.8 Å². The van der Waals surface area contributed by atoms with Gasteiger partial charge >= 0.3 is 0 Å². The van der Waals surface area contributed by atoms with E-state index in [-0.39, 0.29) is 10.8 Å². The second kappa shape index (κ2) is 7.37. The lowest BCUT2D eigenvalue weighted by Crippen LogP contribution is -2.15. The molecule has 7 heteroatoms. The monoisotopic (exact) mass is 299 g/mol. The number of hydrogen-bond acceptors (Lipinski definition) is 4. The van der Waals surface area contributed by atoms with Crippen LogP contribution in [0.1, 0.15) is 31.2 Å². The molecule has 1 amide bonds. The Hall–Kier alpha value is -1.44.